The monoisotopic (exact) mass is 331 g/mol. The molecule has 1 N–H and O–H groups in total. The summed E-state index contributed by atoms with van der Waals surface area (Å²) in [6.45, 7) is 3.81. The van der Waals surface area contributed by atoms with Gasteiger partial charge in [0, 0.05) is 12.1 Å². The standard InChI is InChI=1S/C18H21NO3S/c1-14-8-10-18(11-9-14)23(21,22)19-12-4-6-16-5-3-7-17(13-16)15(2)20/h3,5,7-11,13,19H,4,6,12H2,1-2H3. The minimum absolute atomic E-state index is 0.0342. The van der Waals surface area contributed by atoms with E-state index in [1.54, 1.807) is 30.3 Å². The predicted octanol–water partition coefficient (Wildman–Crippen LogP) is 3.11. The fraction of sp³-hybridized carbons (Fsp3) is 0.278. The van der Waals surface area contributed by atoms with E-state index in [9.17, 15) is 13.2 Å². The zero-order valence-electron chi connectivity index (χ0n) is 13.4. The predicted molar refractivity (Wildman–Crippen MR) is 91.1 cm³/mol. The smallest absolute Gasteiger partial charge is 0.240 e. The number of hydrogen-bond acceptors (Lipinski definition) is 3. The second kappa shape index (κ2) is 7.53. The van der Waals surface area contributed by atoms with E-state index in [1.165, 1.54) is 6.92 Å². The minimum atomic E-state index is -3.46. The molecule has 0 atom stereocenters. The summed E-state index contributed by atoms with van der Waals surface area (Å²) in [7, 11) is -3.46. The van der Waals surface area contributed by atoms with Crippen LogP contribution in [0.15, 0.2) is 53.4 Å². The number of Topliss-reactive ketones (excluding diaryl/α,β-unsaturated/α-hetero) is 1. The summed E-state index contributed by atoms with van der Waals surface area (Å²) in [6.07, 6.45) is 1.39. The molecule has 2 aromatic carbocycles. The number of carbonyl (C=O) groups is 1. The van der Waals surface area contributed by atoms with Gasteiger partial charge in [0.05, 0.1) is 4.90 Å². The molecule has 0 radical (unpaired) electrons. The highest BCUT2D eigenvalue weighted by atomic mass is 32.2. The Morgan fingerprint density at radius 1 is 1.09 bits per heavy atom. The number of nitrogens with one attached hydrogen (secondary N) is 1. The van der Waals surface area contributed by atoms with Gasteiger partial charge in [-0.1, -0.05) is 35.9 Å². The molecule has 23 heavy (non-hydrogen) atoms. The molecule has 0 aliphatic rings. The van der Waals surface area contributed by atoms with Crippen LogP contribution < -0.4 is 4.72 Å². The first-order valence-corrected chi connectivity index (χ1v) is 9.03. The number of ketones is 1. The molecule has 2 aromatic rings. The third-order valence-corrected chi connectivity index (χ3v) is 5.08. The van der Waals surface area contributed by atoms with E-state index in [1.807, 2.05) is 25.1 Å². The average molecular weight is 331 g/mol. The van der Waals surface area contributed by atoms with Gasteiger partial charge in [0.25, 0.3) is 0 Å². The summed E-state index contributed by atoms with van der Waals surface area (Å²) in [5.74, 6) is 0.0342. The highest BCUT2D eigenvalue weighted by Gasteiger charge is 2.12. The van der Waals surface area contributed by atoms with Crippen LogP contribution in [0.2, 0.25) is 0 Å². The number of sulfonamides is 1. The van der Waals surface area contributed by atoms with Crippen LogP contribution in [0.25, 0.3) is 0 Å². The maximum Gasteiger partial charge on any atom is 0.240 e. The van der Waals surface area contributed by atoms with Gasteiger partial charge in [-0.05, 0) is 50.5 Å². The number of hydrogen-bond donors (Lipinski definition) is 1. The second-order valence-electron chi connectivity index (χ2n) is 5.57. The van der Waals surface area contributed by atoms with Crippen molar-refractivity contribution >= 4 is 15.8 Å². The zero-order valence-corrected chi connectivity index (χ0v) is 14.2. The van der Waals surface area contributed by atoms with Crippen molar-refractivity contribution in [3.63, 3.8) is 0 Å². The van der Waals surface area contributed by atoms with Crippen molar-refractivity contribution in [1.82, 2.24) is 4.72 Å². The van der Waals surface area contributed by atoms with Crippen LogP contribution in [0.3, 0.4) is 0 Å². The van der Waals surface area contributed by atoms with E-state index >= 15 is 0 Å². The Bertz CT molecular complexity index is 780. The molecule has 0 aliphatic carbocycles. The van der Waals surface area contributed by atoms with E-state index in [2.05, 4.69) is 4.72 Å². The van der Waals surface area contributed by atoms with Gasteiger partial charge in [-0.25, -0.2) is 13.1 Å². The largest absolute Gasteiger partial charge is 0.295 e. The summed E-state index contributed by atoms with van der Waals surface area (Å²) in [4.78, 5) is 11.6. The third-order valence-electron chi connectivity index (χ3n) is 3.60. The van der Waals surface area contributed by atoms with E-state index in [0.29, 0.717) is 18.5 Å². The van der Waals surface area contributed by atoms with E-state index in [4.69, 9.17) is 0 Å². The quantitative estimate of drug-likeness (QED) is 0.626. The summed E-state index contributed by atoms with van der Waals surface area (Å²) < 4.78 is 26.9. The van der Waals surface area contributed by atoms with Crippen molar-refractivity contribution in [1.29, 1.82) is 0 Å². The number of carbonyl (C=O) groups excluding carboxylic acids is 1. The van der Waals surface area contributed by atoms with Gasteiger partial charge in [-0.15, -0.1) is 0 Å². The molecule has 0 saturated heterocycles. The number of rotatable bonds is 7. The molecule has 0 heterocycles. The van der Waals surface area contributed by atoms with Crippen molar-refractivity contribution in [2.24, 2.45) is 0 Å². The van der Waals surface area contributed by atoms with Crippen LogP contribution in [0.1, 0.15) is 34.8 Å². The molecule has 0 aromatic heterocycles. The Kier molecular flexibility index (Phi) is 5.69. The number of aryl methyl sites for hydroxylation is 2. The normalized spacial score (nSPS) is 11.4. The molecular formula is C18H21NO3S. The molecule has 5 heteroatoms. The number of benzene rings is 2. The average Bonchev–Trinajstić information content (AvgIpc) is 2.52. The molecule has 0 bridgehead atoms. The maximum atomic E-state index is 12.1. The third kappa shape index (κ3) is 5.01. The molecule has 4 nitrogen and oxygen atoms in total. The summed E-state index contributed by atoms with van der Waals surface area (Å²) >= 11 is 0. The lowest BCUT2D eigenvalue weighted by Gasteiger charge is -2.07. The van der Waals surface area contributed by atoms with Crippen LogP contribution in [0, 0.1) is 6.92 Å². The van der Waals surface area contributed by atoms with Crippen molar-refractivity contribution in [2.75, 3.05) is 6.54 Å². The first-order chi connectivity index (χ1) is 10.9. The fourth-order valence-electron chi connectivity index (χ4n) is 2.25. The second-order valence-corrected chi connectivity index (χ2v) is 7.34. The molecule has 0 fully saturated rings. The molecule has 0 spiro atoms. The lowest BCUT2D eigenvalue weighted by Crippen LogP contribution is -2.25. The van der Waals surface area contributed by atoms with E-state index in [0.717, 1.165) is 17.5 Å². The van der Waals surface area contributed by atoms with E-state index < -0.39 is 10.0 Å². The molecule has 0 amide bonds. The molecule has 2 rings (SSSR count). The topological polar surface area (TPSA) is 63.2 Å². The van der Waals surface area contributed by atoms with Crippen LogP contribution >= 0.6 is 0 Å². The lowest BCUT2D eigenvalue weighted by atomic mass is 10.0. The van der Waals surface area contributed by atoms with Crippen LogP contribution in [-0.4, -0.2) is 20.7 Å². The Balaban J connectivity index is 1.88. The summed E-state index contributed by atoms with van der Waals surface area (Å²) in [5, 5.41) is 0. The van der Waals surface area contributed by atoms with Crippen LogP contribution in [0.4, 0.5) is 0 Å². The highest BCUT2D eigenvalue weighted by Crippen LogP contribution is 2.11. The lowest BCUT2D eigenvalue weighted by molar-refractivity contribution is 0.101. The van der Waals surface area contributed by atoms with Crippen LogP contribution in [0.5, 0.6) is 0 Å². The fourth-order valence-corrected chi connectivity index (χ4v) is 3.32. The van der Waals surface area contributed by atoms with E-state index in [-0.39, 0.29) is 10.7 Å². The Labute approximate surface area is 137 Å². The zero-order chi connectivity index (χ0) is 16.9. The Hall–Kier alpha value is -1.98. The molecule has 0 unspecified atom stereocenters. The molecule has 0 aliphatic heterocycles. The Morgan fingerprint density at radius 2 is 1.78 bits per heavy atom. The van der Waals surface area contributed by atoms with Crippen molar-refractivity contribution in [3.8, 4) is 0 Å². The van der Waals surface area contributed by atoms with Crippen molar-refractivity contribution < 1.29 is 13.2 Å². The summed E-state index contributed by atoms with van der Waals surface area (Å²) in [6, 6.07) is 14.2. The SMILES string of the molecule is CC(=O)c1cccc(CCCNS(=O)(=O)c2ccc(C)cc2)c1. The first kappa shape index (κ1) is 17.4. The maximum absolute atomic E-state index is 12.1. The van der Waals surface area contributed by atoms with Gasteiger partial charge in [0.1, 0.15) is 0 Å². The van der Waals surface area contributed by atoms with Gasteiger partial charge in [-0.2, -0.15) is 0 Å². The van der Waals surface area contributed by atoms with Gasteiger partial charge in [-0.3, -0.25) is 4.79 Å². The molecule has 122 valence electrons. The summed E-state index contributed by atoms with van der Waals surface area (Å²) in [5.41, 5.74) is 2.74. The minimum Gasteiger partial charge on any atom is -0.295 e. The van der Waals surface area contributed by atoms with Gasteiger partial charge >= 0.3 is 0 Å². The van der Waals surface area contributed by atoms with Crippen molar-refractivity contribution in [3.05, 3.63) is 65.2 Å². The van der Waals surface area contributed by atoms with Crippen molar-refractivity contribution in [2.45, 2.75) is 31.6 Å². The molecular weight excluding hydrogens is 310 g/mol. The van der Waals surface area contributed by atoms with Crippen LogP contribution in [-0.2, 0) is 16.4 Å². The highest BCUT2D eigenvalue weighted by molar-refractivity contribution is 7.89. The molecule has 0 saturated carbocycles. The van der Waals surface area contributed by atoms with Gasteiger partial charge in [0.2, 0.25) is 10.0 Å². The first-order valence-electron chi connectivity index (χ1n) is 7.55. The Morgan fingerprint density at radius 3 is 2.43 bits per heavy atom. The van der Waals surface area contributed by atoms with Gasteiger partial charge < -0.3 is 0 Å². The van der Waals surface area contributed by atoms with Gasteiger partial charge in [0.15, 0.2) is 5.78 Å².